The first-order valence-electron chi connectivity index (χ1n) is 12.7. The molecule has 0 amide bonds. The summed E-state index contributed by atoms with van der Waals surface area (Å²) in [5.41, 5.74) is 4.20. The van der Waals surface area contributed by atoms with Crippen molar-refractivity contribution in [1.82, 2.24) is 25.3 Å². The number of para-hydroxylation sites is 1. The second-order valence-corrected chi connectivity index (χ2v) is 9.54. The molecule has 8 heteroatoms. The quantitative estimate of drug-likeness (QED) is 0.397. The lowest BCUT2D eigenvalue weighted by molar-refractivity contribution is 0.408. The Labute approximate surface area is 211 Å². The summed E-state index contributed by atoms with van der Waals surface area (Å²) in [6.45, 7) is 5.87. The molecular weight excluding hydrogens is 450 g/mol. The SMILES string of the molecule is COc1ccccc1[C@@H](C)Nc1cc(-c2nc(N3CCNCC3)c3c(C4CC4)cncc3n2)ccn1. The van der Waals surface area contributed by atoms with Crippen molar-refractivity contribution in [1.29, 1.82) is 0 Å². The molecule has 4 aromatic rings. The van der Waals surface area contributed by atoms with Crippen LogP contribution in [-0.4, -0.2) is 53.2 Å². The van der Waals surface area contributed by atoms with Gasteiger partial charge in [-0.25, -0.2) is 15.0 Å². The van der Waals surface area contributed by atoms with E-state index in [2.05, 4.69) is 38.5 Å². The molecule has 1 aliphatic carbocycles. The molecule has 8 nitrogen and oxygen atoms in total. The lowest BCUT2D eigenvalue weighted by Crippen LogP contribution is -2.44. The first-order chi connectivity index (χ1) is 17.7. The fraction of sp³-hybridized carbons (Fsp3) is 0.357. The zero-order chi connectivity index (χ0) is 24.5. The van der Waals surface area contributed by atoms with Crippen LogP contribution >= 0.6 is 0 Å². The second kappa shape index (κ2) is 9.70. The minimum atomic E-state index is 0.0168. The van der Waals surface area contributed by atoms with Crippen molar-refractivity contribution in [2.24, 2.45) is 0 Å². The molecule has 0 radical (unpaired) electrons. The van der Waals surface area contributed by atoms with E-state index >= 15 is 0 Å². The summed E-state index contributed by atoms with van der Waals surface area (Å²) in [7, 11) is 1.70. The molecule has 36 heavy (non-hydrogen) atoms. The third-order valence-electron chi connectivity index (χ3n) is 7.04. The Hall–Kier alpha value is -3.78. The van der Waals surface area contributed by atoms with E-state index < -0.39 is 0 Å². The van der Waals surface area contributed by atoms with Crippen LogP contribution in [0.1, 0.15) is 42.9 Å². The van der Waals surface area contributed by atoms with Gasteiger partial charge in [0, 0.05) is 55.1 Å². The fourth-order valence-corrected chi connectivity index (χ4v) is 5.00. The summed E-state index contributed by atoms with van der Waals surface area (Å²) in [6, 6.07) is 12.0. The largest absolute Gasteiger partial charge is 0.496 e. The summed E-state index contributed by atoms with van der Waals surface area (Å²) in [6.07, 6.45) is 8.13. The van der Waals surface area contributed by atoms with Crippen LogP contribution < -0.4 is 20.3 Å². The van der Waals surface area contributed by atoms with Crippen LogP contribution in [0.5, 0.6) is 5.75 Å². The van der Waals surface area contributed by atoms with Crippen molar-refractivity contribution in [2.45, 2.75) is 31.7 Å². The molecule has 184 valence electrons. The molecule has 6 rings (SSSR count). The van der Waals surface area contributed by atoms with Crippen molar-refractivity contribution in [3.05, 3.63) is 66.1 Å². The minimum absolute atomic E-state index is 0.0168. The molecule has 2 N–H and O–H groups in total. The maximum atomic E-state index is 5.54. The summed E-state index contributed by atoms with van der Waals surface area (Å²) >= 11 is 0. The van der Waals surface area contributed by atoms with Crippen molar-refractivity contribution >= 4 is 22.5 Å². The molecule has 1 aliphatic heterocycles. The predicted molar refractivity (Wildman–Crippen MR) is 143 cm³/mol. The molecule has 1 atom stereocenters. The lowest BCUT2D eigenvalue weighted by Gasteiger charge is -2.30. The predicted octanol–water partition coefficient (Wildman–Crippen LogP) is 4.56. The normalized spacial score (nSPS) is 16.7. The monoisotopic (exact) mass is 481 g/mol. The maximum Gasteiger partial charge on any atom is 0.162 e. The van der Waals surface area contributed by atoms with E-state index in [1.807, 2.05) is 48.9 Å². The van der Waals surface area contributed by atoms with Gasteiger partial charge in [-0.15, -0.1) is 0 Å². The van der Waals surface area contributed by atoms with Crippen molar-refractivity contribution < 1.29 is 4.74 Å². The molecule has 0 spiro atoms. The average molecular weight is 482 g/mol. The zero-order valence-electron chi connectivity index (χ0n) is 20.7. The Morgan fingerprint density at radius 3 is 2.72 bits per heavy atom. The Bertz CT molecular complexity index is 1380. The molecule has 1 saturated heterocycles. The summed E-state index contributed by atoms with van der Waals surface area (Å²) < 4.78 is 5.54. The summed E-state index contributed by atoms with van der Waals surface area (Å²) in [5, 5.41) is 8.13. The highest BCUT2D eigenvalue weighted by atomic mass is 16.5. The van der Waals surface area contributed by atoms with Gasteiger partial charge in [-0.1, -0.05) is 18.2 Å². The van der Waals surface area contributed by atoms with E-state index in [-0.39, 0.29) is 6.04 Å². The van der Waals surface area contributed by atoms with Gasteiger partial charge in [-0.05, 0) is 49.4 Å². The van der Waals surface area contributed by atoms with Gasteiger partial charge in [0.15, 0.2) is 5.82 Å². The van der Waals surface area contributed by atoms with Crippen molar-refractivity contribution in [2.75, 3.05) is 43.5 Å². The van der Waals surface area contributed by atoms with E-state index in [1.165, 1.54) is 18.4 Å². The van der Waals surface area contributed by atoms with Gasteiger partial charge in [-0.3, -0.25) is 4.98 Å². The van der Waals surface area contributed by atoms with Gasteiger partial charge in [-0.2, -0.15) is 0 Å². The van der Waals surface area contributed by atoms with E-state index in [0.717, 1.165) is 65.6 Å². The highest BCUT2D eigenvalue weighted by molar-refractivity contribution is 5.94. The number of rotatable bonds is 7. The van der Waals surface area contributed by atoms with E-state index in [0.29, 0.717) is 11.7 Å². The molecule has 4 heterocycles. The third-order valence-corrected chi connectivity index (χ3v) is 7.04. The Kier molecular flexibility index (Phi) is 6.11. The smallest absolute Gasteiger partial charge is 0.162 e. The van der Waals surface area contributed by atoms with Gasteiger partial charge in [0.25, 0.3) is 0 Å². The molecule has 2 fully saturated rings. The number of piperazine rings is 1. The van der Waals surface area contributed by atoms with Gasteiger partial charge in [0.05, 0.1) is 24.9 Å². The number of nitrogens with one attached hydrogen (secondary N) is 2. The molecule has 2 aliphatic rings. The van der Waals surface area contributed by atoms with Crippen LogP contribution in [0.25, 0.3) is 22.3 Å². The lowest BCUT2D eigenvalue weighted by atomic mass is 10.1. The topological polar surface area (TPSA) is 88.1 Å². The number of methoxy groups -OCH3 is 1. The second-order valence-electron chi connectivity index (χ2n) is 9.54. The molecule has 1 saturated carbocycles. The standard InChI is InChI=1S/C28H31N7O/c1-18(21-5-3-4-6-24(21)36-2)32-25-15-20(9-10-31-25)27-33-23-17-30-16-22(19-7-8-19)26(23)28(34-27)35-13-11-29-12-14-35/h3-6,9-10,15-19,29H,7-8,11-14H2,1-2H3,(H,31,32)/t18-/m1/s1. The number of ether oxygens (including phenoxy) is 1. The first-order valence-corrected chi connectivity index (χ1v) is 12.7. The maximum absolute atomic E-state index is 5.54. The minimum Gasteiger partial charge on any atom is -0.496 e. The number of hydrogen-bond donors (Lipinski definition) is 2. The first kappa shape index (κ1) is 22.7. The molecule has 1 aromatic carbocycles. The Morgan fingerprint density at radius 2 is 1.92 bits per heavy atom. The van der Waals surface area contributed by atoms with Crippen LogP contribution in [0.3, 0.4) is 0 Å². The number of pyridine rings is 2. The highest BCUT2D eigenvalue weighted by Gasteiger charge is 2.29. The van der Waals surface area contributed by atoms with Crippen LogP contribution in [-0.2, 0) is 0 Å². The van der Waals surface area contributed by atoms with Crippen LogP contribution in [0.4, 0.5) is 11.6 Å². The van der Waals surface area contributed by atoms with Gasteiger partial charge >= 0.3 is 0 Å². The zero-order valence-corrected chi connectivity index (χ0v) is 20.7. The van der Waals surface area contributed by atoms with E-state index in [9.17, 15) is 0 Å². The third kappa shape index (κ3) is 4.44. The van der Waals surface area contributed by atoms with Gasteiger partial charge in [0.1, 0.15) is 17.4 Å². The average Bonchev–Trinajstić information content (AvgIpc) is 3.78. The molecular formula is C28H31N7O. The van der Waals surface area contributed by atoms with Crippen LogP contribution in [0.2, 0.25) is 0 Å². The summed E-state index contributed by atoms with van der Waals surface area (Å²) in [5.74, 6) is 3.91. The number of aromatic nitrogens is 4. The fourth-order valence-electron chi connectivity index (χ4n) is 5.00. The summed E-state index contributed by atoms with van der Waals surface area (Å²) in [4.78, 5) is 21.6. The Balaban J connectivity index is 1.38. The van der Waals surface area contributed by atoms with Crippen molar-refractivity contribution in [3.63, 3.8) is 0 Å². The number of benzene rings is 1. The van der Waals surface area contributed by atoms with E-state index in [4.69, 9.17) is 14.7 Å². The number of fused-ring (bicyclic) bond motifs is 1. The Morgan fingerprint density at radius 1 is 1.08 bits per heavy atom. The van der Waals surface area contributed by atoms with E-state index in [1.54, 1.807) is 7.11 Å². The number of anilines is 2. The molecule has 3 aromatic heterocycles. The van der Waals surface area contributed by atoms with Gasteiger partial charge in [0.2, 0.25) is 0 Å². The number of hydrogen-bond acceptors (Lipinski definition) is 8. The highest BCUT2D eigenvalue weighted by Crippen LogP contribution is 2.44. The molecule has 0 bridgehead atoms. The number of nitrogens with zero attached hydrogens (tertiary/aromatic N) is 5. The van der Waals surface area contributed by atoms with Crippen LogP contribution in [0, 0.1) is 0 Å². The van der Waals surface area contributed by atoms with Crippen LogP contribution in [0.15, 0.2) is 55.0 Å². The van der Waals surface area contributed by atoms with Gasteiger partial charge < -0.3 is 20.3 Å². The van der Waals surface area contributed by atoms with Crippen molar-refractivity contribution in [3.8, 4) is 17.1 Å². The molecule has 0 unspecified atom stereocenters.